The molecule has 0 atom stereocenters. The number of aromatic nitrogens is 3. The van der Waals surface area contributed by atoms with Crippen LogP contribution in [0.25, 0.3) is 16.9 Å². The van der Waals surface area contributed by atoms with Gasteiger partial charge in [-0.05, 0) is 37.3 Å². The number of hydrogen-bond donors (Lipinski definition) is 0. The first-order valence-corrected chi connectivity index (χ1v) is 11.7. The zero-order valence-electron chi connectivity index (χ0n) is 19.9. The number of methoxy groups -OCH3 is 3. The van der Waals surface area contributed by atoms with Gasteiger partial charge in [0.1, 0.15) is 11.5 Å². The van der Waals surface area contributed by atoms with Gasteiger partial charge in [-0.1, -0.05) is 18.2 Å². The topological polar surface area (TPSA) is 71.9 Å². The van der Waals surface area contributed by atoms with Crippen LogP contribution in [0.3, 0.4) is 0 Å². The van der Waals surface area contributed by atoms with Crippen LogP contribution in [0.1, 0.15) is 5.69 Å². The average molecular weight is 481 g/mol. The van der Waals surface area contributed by atoms with Gasteiger partial charge in [0.2, 0.25) is 0 Å². The van der Waals surface area contributed by atoms with Crippen LogP contribution in [0.2, 0.25) is 0 Å². The number of rotatable bonds is 8. The van der Waals surface area contributed by atoms with E-state index in [0.717, 1.165) is 34.1 Å². The molecule has 0 aliphatic heterocycles. The standard InChI is InChI=1S/C25H28N4O4S/c1-17-23(24(30)29(27(17)2)18-9-7-6-8-10-18)26-25-28(13-14-31-3)21(16-34-25)20-15-19(32-4)11-12-22(20)33-5/h6-12,15-16H,13-14H2,1-5H3. The van der Waals surface area contributed by atoms with Crippen LogP contribution in [-0.4, -0.2) is 41.9 Å². The van der Waals surface area contributed by atoms with Crippen molar-refractivity contribution in [1.82, 2.24) is 13.9 Å². The maximum Gasteiger partial charge on any atom is 0.297 e. The molecular weight excluding hydrogens is 452 g/mol. The molecule has 4 rings (SSSR count). The first-order valence-electron chi connectivity index (χ1n) is 10.8. The highest BCUT2D eigenvalue weighted by molar-refractivity contribution is 7.07. The van der Waals surface area contributed by atoms with E-state index >= 15 is 0 Å². The van der Waals surface area contributed by atoms with Crippen LogP contribution in [0, 0.1) is 6.92 Å². The number of nitrogens with zero attached hydrogens (tertiary/aromatic N) is 4. The quantitative estimate of drug-likeness (QED) is 0.383. The molecule has 0 saturated heterocycles. The molecule has 8 nitrogen and oxygen atoms in total. The minimum atomic E-state index is -0.168. The molecule has 2 aromatic heterocycles. The van der Waals surface area contributed by atoms with Crippen LogP contribution in [0.15, 0.2) is 63.7 Å². The van der Waals surface area contributed by atoms with Crippen LogP contribution in [0.4, 0.5) is 5.69 Å². The monoisotopic (exact) mass is 480 g/mol. The third-order valence-corrected chi connectivity index (χ3v) is 6.59. The van der Waals surface area contributed by atoms with Gasteiger partial charge in [-0.25, -0.2) is 9.67 Å². The van der Waals surface area contributed by atoms with E-state index in [1.54, 1.807) is 26.0 Å². The first-order chi connectivity index (χ1) is 16.5. The van der Waals surface area contributed by atoms with E-state index < -0.39 is 0 Å². The Bertz CT molecular complexity index is 1410. The lowest BCUT2D eigenvalue weighted by molar-refractivity contribution is 0.187. The van der Waals surface area contributed by atoms with Crippen molar-refractivity contribution in [1.29, 1.82) is 0 Å². The van der Waals surface area contributed by atoms with E-state index in [4.69, 9.17) is 19.2 Å². The predicted molar refractivity (Wildman–Crippen MR) is 134 cm³/mol. The van der Waals surface area contributed by atoms with Gasteiger partial charge in [-0.2, -0.15) is 0 Å². The van der Waals surface area contributed by atoms with Crippen molar-refractivity contribution in [3.05, 3.63) is 74.8 Å². The Labute approximate surface area is 201 Å². The number of benzene rings is 2. The Morgan fingerprint density at radius 2 is 1.79 bits per heavy atom. The molecule has 2 heterocycles. The smallest absolute Gasteiger partial charge is 0.297 e. The fourth-order valence-electron chi connectivity index (χ4n) is 3.83. The van der Waals surface area contributed by atoms with E-state index in [1.807, 2.05) is 77.1 Å². The predicted octanol–water partition coefficient (Wildman–Crippen LogP) is 3.91. The molecule has 0 amide bonds. The molecule has 0 aliphatic rings. The largest absolute Gasteiger partial charge is 0.497 e. The highest BCUT2D eigenvalue weighted by atomic mass is 32.1. The molecule has 0 fully saturated rings. The van der Waals surface area contributed by atoms with Crippen molar-refractivity contribution in [3.8, 4) is 28.4 Å². The van der Waals surface area contributed by atoms with Gasteiger partial charge in [0.05, 0.1) is 37.9 Å². The summed E-state index contributed by atoms with van der Waals surface area (Å²) in [6.07, 6.45) is 0. The summed E-state index contributed by atoms with van der Waals surface area (Å²) in [5.41, 5.74) is 3.60. The fourth-order valence-corrected chi connectivity index (χ4v) is 4.76. The molecule has 4 aromatic rings. The molecule has 0 radical (unpaired) electrons. The van der Waals surface area contributed by atoms with Gasteiger partial charge in [-0.15, -0.1) is 11.3 Å². The second-order valence-corrected chi connectivity index (χ2v) is 8.47. The lowest BCUT2D eigenvalue weighted by Gasteiger charge is -2.13. The van der Waals surface area contributed by atoms with Gasteiger partial charge in [-0.3, -0.25) is 9.48 Å². The Hall–Kier alpha value is -3.56. The van der Waals surface area contributed by atoms with E-state index in [2.05, 4.69) is 0 Å². The van der Waals surface area contributed by atoms with E-state index in [0.29, 0.717) is 23.6 Å². The summed E-state index contributed by atoms with van der Waals surface area (Å²) < 4.78 is 21.9. The normalized spacial score (nSPS) is 11.7. The third kappa shape index (κ3) is 4.32. The van der Waals surface area contributed by atoms with Crippen molar-refractivity contribution in [2.45, 2.75) is 13.5 Å². The van der Waals surface area contributed by atoms with Gasteiger partial charge >= 0.3 is 0 Å². The first kappa shape index (κ1) is 23.6. The molecule has 2 aromatic carbocycles. The summed E-state index contributed by atoms with van der Waals surface area (Å²) >= 11 is 1.46. The van der Waals surface area contributed by atoms with Crippen LogP contribution in [0.5, 0.6) is 11.5 Å². The molecule has 9 heteroatoms. The van der Waals surface area contributed by atoms with Crippen LogP contribution in [-0.2, 0) is 18.3 Å². The van der Waals surface area contributed by atoms with Crippen LogP contribution >= 0.6 is 11.3 Å². The number of ether oxygens (including phenoxy) is 3. The second kappa shape index (κ2) is 10.1. The second-order valence-electron chi connectivity index (χ2n) is 7.64. The molecular formula is C25H28N4O4S. The maximum absolute atomic E-state index is 13.4. The van der Waals surface area contributed by atoms with E-state index in [1.165, 1.54) is 11.3 Å². The Morgan fingerprint density at radius 1 is 1.03 bits per heavy atom. The number of thiazole rings is 1. The summed E-state index contributed by atoms with van der Waals surface area (Å²) in [6, 6.07) is 15.2. The molecule has 34 heavy (non-hydrogen) atoms. The lowest BCUT2D eigenvalue weighted by atomic mass is 10.1. The summed E-state index contributed by atoms with van der Waals surface area (Å²) in [4.78, 5) is 18.9. The Balaban J connectivity index is 1.92. The molecule has 0 N–H and O–H groups in total. The van der Waals surface area contributed by atoms with Crippen molar-refractivity contribution in [2.75, 3.05) is 27.9 Å². The van der Waals surface area contributed by atoms with Gasteiger partial charge in [0, 0.05) is 31.6 Å². The Kier molecular flexibility index (Phi) is 7.04. The third-order valence-electron chi connectivity index (χ3n) is 5.73. The fraction of sp³-hybridized carbons (Fsp3) is 0.280. The van der Waals surface area contributed by atoms with Gasteiger partial charge in [0.25, 0.3) is 5.56 Å². The van der Waals surface area contributed by atoms with Crippen molar-refractivity contribution in [2.24, 2.45) is 12.0 Å². The van der Waals surface area contributed by atoms with Crippen molar-refractivity contribution in [3.63, 3.8) is 0 Å². The van der Waals surface area contributed by atoms with E-state index in [9.17, 15) is 4.79 Å². The number of para-hydroxylation sites is 1. The molecule has 0 bridgehead atoms. The molecule has 0 spiro atoms. The zero-order chi connectivity index (χ0) is 24.2. The molecule has 0 aliphatic carbocycles. The summed E-state index contributed by atoms with van der Waals surface area (Å²) in [6.45, 7) is 2.96. The van der Waals surface area contributed by atoms with Crippen molar-refractivity contribution < 1.29 is 14.2 Å². The highest BCUT2D eigenvalue weighted by Crippen LogP contribution is 2.34. The number of hydrogen-bond acceptors (Lipinski definition) is 6. The van der Waals surface area contributed by atoms with E-state index in [-0.39, 0.29) is 5.56 Å². The van der Waals surface area contributed by atoms with Crippen LogP contribution < -0.4 is 19.8 Å². The highest BCUT2D eigenvalue weighted by Gasteiger charge is 2.18. The van der Waals surface area contributed by atoms with Crippen molar-refractivity contribution >= 4 is 17.0 Å². The van der Waals surface area contributed by atoms with Gasteiger partial charge in [0.15, 0.2) is 10.5 Å². The summed E-state index contributed by atoms with van der Waals surface area (Å²) in [5, 5.41) is 2.01. The molecule has 0 unspecified atom stereocenters. The zero-order valence-corrected chi connectivity index (χ0v) is 20.8. The lowest BCUT2D eigenvalue weighted by Crippen LogP contribution is -2.21. The SMILES string of the molecule is COCCn1c(-c2cc(OC)ccc2OC)csc1=Nc1c(C)n(C)n(-c2ccccc2)c1=O. The average Bonchev–Trinajstić information content (AvgIpc) is 3.36. The van der Waals surface area contributed by atoms with Gasteiger partial charge < -0.3 is 18.8 Å². The molecule has 0 saturated carbocycles. The summed E-state index contributed by atoms with van der Waals surface area (Å²) in [5.74, 6) is 1.45. The summed E-state index contributed by atoms with van der Waals surface area (Å²) in [7, 11) is 6.80. The maximum atomic E-state index is 13.4. The minimum absolute atomic E-state index is 0.168. The minimum Gasteiger partial charge on any atom is -0.497 e. The molecule has 178 valence electrons. The Morgan fingerprint density at radius 3 is 2.47 bits per heavy atom.